The van der Waals surface area contributed by atoms with Gasteiger partial charge < -0.3 is 10.3 Å². The standard InChI is InChI=1S/C13H17N3O/c1-10-4-2-5-11(8-10)9-13-15-12(16-17-13)6-3-7-14/h2,4-5,8H,3,6-7,9,14H2,1H3. The predicted octanol–water partition coefficient (Wildman–Crippen LogP) is 1.86. The summed E-state index contributed by atoms with van der Waals surface area (Å²) in [7, 11) is 0. The molecular weight excluding hydrogens is 214 g/mol. The Balaban J connectivity index is 2.01. The summed E-state index contributed by atoms with van der Waals surface area (Å²) in [5.74, 6) is 1.42. The molecule has 0 fully saturated rings. The second-order valence-corrected chi connectivity index (χ2v) is 4.16. The molecule has 0 saturated heterocycles. The van der Waals surface area contributed by atoms with Crippen LogP contribution in [0.15, 0.2) is 28.8 Å². The zero-order valence-electron chi connectivity index (χ0n) is 10.0. The fourth-order valence-electron chi connectivity index (χ4n) is 1.72. The van der Waals surface area contributed by atoms with Crippen molar-refractivity contribution < 1.29 is 4.52 Å². The highest BCUT2D eigenvalue weighted by atomic mass is 16.5. The lowest BCUT2D eigenvalue weighted by Crippen LogP contribution is -2.01. The third kappa shape index (κ3) is 3.39. The molecule has 4 nitrogen and oxygen atoms in total. The number of benzene rings is 1. The smallest absolute Gasteiger partial charge is 0.231 e. The van der Waals surface area contributed by atoms with Crippen LogP contribution in [-0.2, 0) is 12.8 Å². The van der Waals surface area contributed by atoms with E-state index in [0.29, 0.717) is 18.9 Å². The van der Waals surface area contributed by atoms with Crippen LogP contribution in [-0.4, -0.2) is 16.7 Å². The molecule has 1 aromatic heterocycles. The molecular formula is C13H17N3O. The van der Waals surface area contributed by atoms with Crippen molar-refractivity contribution in [1.82, 2.24) is 10.1 Å². The number of hydrogen-bond donors (Lipinski definition) is 1. The van der Waals surface area contributed by atoms with Gasteiger partial charge in [-0.1, -0.05) is 35.0 Å². The molecule has 4 heteroatoms. The van der Waals surface area contributed by atoms with Crippen LogP contribution in [0.2, 0.25) is 0 Å². The van der Waals surface area contributed by atoms with E-state index >= 15 is 0 Å². The average Bonchev–Trinajstić information content (AvgIpc) is 2.74. The van der Waals surface area contributed by atoms with Gasteiger partial charge in [-0.25, -0.2) is 0 Å². The number of nitrogens with two attached hydrogens (primary N) is 1. The number of nitrogens with zero attached hydrogens (tertiary/aromatic N) is 2. The van der Waals surface area contributed by atoms with Crippen molar-refractivity contribution in [2.45, 2.75) is 26.2 Å². The molecule has 0 radical (unpaired) electrons. The fourth-order valence-corrected chi connectivity index (χ4v) is 1.72. The Kier molecular flexibility index (Phi) is 3.88. The second-order valence-electron chi connectivity index (χ2n) is 4.16. The molecule has 2 N–H and O–H groups in total. The van der Waals surface area contributed by atoms with Crippen molar-refractivity contribution in [3.8, 4) is 0 Å². The lowest BCUT2D eigenvalue weighted by Gasteiger charge is -1.97. The summed E-state index contributed by atoms with van der Waals surface area (Å²) in [6, 6.07) is 8.31. The maximum absolute atomic E-state index is 5.44. The number of rotatable bonds is 5. The van der Waals surface area contributed by atoms with Gasteiger partial charge in [0.25, 0.3) is 0 Å². The monoisotopic (exact) mass is 231 g/mol. The summed E-state index contributed by atoms with van der Waals surface area (Å²) in [5.41, 5.74) is 7.87. The Bertz CT molecular complexity index is 479. The van der Waals surface area contributed by atoms with Crippen LogP contribution in [0.5, 0.6) is 0 Å². The summed E-state index contributed by atoms with van der Waals surface area (Å²) < 4.78 is 5.20. The van der Waals surface area contributed by atoms with Gasteiger partial charge >= 0.3 is 0 Å². The van der Waals surface area contributed by atoms with Crippen LogP contribution in [0.3, 0.4) is 0 Å². The lowest BCUT2D eigenvalue weighted by molar-refractivity contribution is 0.379. The molecule has 0 aliphatic heterocycles. The van der Waals surface area contributed by atoms with E-state index in [1.165, 1.54) is 11.1 Å². The first-order chi connectivity index (χ1) is 8.28. The van der Waals surface area contributed by atoms with Gasteiger partial charge in [-0.15, -0.1) is 0 Å². The highest BCUT2D eigenvalue weighted by Crippen LogP contribution is 2.10. The van der Waals surface area contributed by atoms with E-state index < -0.39 is 0 Å². The second kappa shape index (κ2) is 5.59. The topological polar surface area (TPSA) is 64.9 Å². The minimum absolute atomic E-state index is 0.655. The van der Waals surface area contributed by atoms with Crippen molar-refractivity contribution in [3.63, 3.8) is 0 Å². The molecule has 0 atom stereocenters. The van der Waals surface area contributed by atoms with Gasteiger partial charge in [0.05, 0.1) is 6.42 Å². The molecule has 17 heavy (non-hydrogen) atoms. The van der Waals surface area contributed by atoms with Crippen molar-refractivity contribution in [2.24, 2.45) is 5.73 Å². The molecule has 0 bridgehead atoms. The minimum Gasteiger partial charge on any atom is -0.339 e. The van der Waals surface area contributed by atoms with Gasteiger partial charge in [0.15, 0.2) is 5.82 Å². The Labute approximate surface area is 101 Å². The van der Waals surface area contributed by atoms with Crippen LogP contribution < -0.4 is 5.73 Å². The van der Waals surface area contributed by atoms with Gasteiger partial charge in [0.1, 0.15) is 0 Å². The molecule has 0 unspecified atom stereocenters. The molecule has 2 rings (SSSR count). The Hall–Kier alpha value is -1.68. The van der Waals surface area contributed by atoms with Crippen molar-refractivity contribution >= 4 is 0 Å². The Morgan fingerprint density at radius 1 is 1.35 bits per heavy atom. The highest BCUT2D eigenvalue weighted by molar-refractivity contribution is 5.24. The molecule has 0 aliphatic rings. The zero-order valence-corrected chi connectivity index (χ0v) is 10.0. The molecule has 0 amide bonds. The third-order valence-corrected chi connectivity index (χ3v) is 2.55. The molecule has 90 valence electrons. The minimum atomic E-state index is 0.655. The van der Waals surface area contributed by atoms with Crippen molar-refractivity contribution in [2.75, 3.05) is 6.54 Å². The van der Waals surface area contributed by atoms with E-state index in [1.54, 1.807) is 0 Å². The fraction of sp³-hybridized carbons (Fsp3) is 0.385. The predicted molar refractivity (Wildman–Crippen MR) is 65.7 cm³/mol. The summed E-state index contributed by atoms with van der Waals surface area (Å²) >= 11 is 0. The van der Waals surface area contributed by atoms with Crippen molar-refractivity contribution in [3.05, 3.63) is 47.1 Å². The van der Waals surface area contributed by atoms with Crippen LogP contribution in [0, 0.1) is 6.92 Å². The van der Waals surface area contributed by atoms with Gasteiger partial charge in [0.2, 0.25) is 5.89 Å². The molecule has 1 aromatic carbocycles. The first kappa shape index (κ1) is 11.8. The normalized spacial score (nSPS) is 10.7. The number of aromatic nitrogens is 2. The van der Waals surface area contributed by atoms with Crippen LogP contribution in [0.4, 0.5) is 0 Å². The summed E-state index contributed by atoms with van der Waals surface area (Å²) in [5, 5.41) is 3.93. The first-order valence-electron chi connectivity index (χ1n) is 5.85. The van der Waals surface area contributed by atoms with Crippen LogP contribution in [0.1, 0.15) is 29.3 Å². The third-order valence-electron chi connectivity index (χ3n) is 2.55. The molecule has 2 aromatic rings. The SMILES string of the molecule is Cc1cccc(Cc2nc(CCCN)no2)c1. The largest absolute Gasteiger partial charge is 0.339 e. The van der Waals surface area contributed by atoms with Crippen molar-refractivity contribution in [1.29, 1.82) is 0 Å². The average molecular weight is 231 g/mol. The van der Waals surface area contributed by atoms with E-state index in [2.05, 4.69) is 35.3 Å². The summed E-state index contributed by atoms with van der Waals surface area (Å²) in [6.07, 6.45) is 2.37. The van der Waals surface area contributed by atoms with Gasteiger partial charge in [0, 0.05) is 6.42 Å². The molecule has 0 aliphatic carbocycles. The Morgan fingerprint density at radius 2 is 2.24 bits per heavy atom. The Morgan fingerprint density at radius 3 is 3.00 bits per heavy atom. The van der Waals surface area contributed by atoms with E-state index in [-0.39, 0.29) is 0 Å². The first-order valence-corrected chi connectivity index (χ1v) is 5.85. The van der Waals surface area contributed by atoms with E-state index in [0.717, 1.165) is 18.7 Å². The quantitative estimate of drug-likeness (QED) is 0.853. The summed E-state index contributed by atoms with van der Waals surface area (Å²) in [4.78, 5) is 4.34. The number of aryl methyl sites for hydroxylation is 2. The van der Waals surface area contributed by atoms with Crippen LogP contribution >= 0.6 is 0 Å². The summed E-state index contributed by atoms with van der Waals surface area (Å²) in [6.45, 7) is 2.73. The van der Waals surface area contributed by atoms with Gasteiger partial charge in [-0.3, -0.25) is 0 Å². The molecule has 1 heterocycles. The highest BCUT2D eigenvalue weighted by Gasteiger charge is 2.06. The van der Waals surface area contributed by atoms with E-state index in [1.807, 2.05) is 6.07 Å². The van der Waals surface area contributed by atoms with Gasteiger partial charge in [-0.05, 0) is 25.5 Å². The molecule has 0 saturated carbocycles. The molecule has 0 spiro atoms. The van der Waals surface area contributed by atoms with E-state index in [4.69, 9.17) is 10.3 Å². The lowest BCUT2D eigenvalue weighted by atomic mass is 10.1. The number of hydrogen-bond acceptors (Lipinski definition) is 4. The zero-order chi connectivity index (χ0) is 12.1. The van der Waals surface area contributed by atoms with Gasteiger partial charge in [-0.2, -0.15) is 4.98 Å². The van der Waals surface area contributed by atoms with Crippen LogP contribution in [0.25, 0.3) is 0 Å². The van der Waals surface area contributed by atoms with E-state index in [9.17, 15) is 0 Å². The maximum Gasteiger partial charge on any atom is 0.231 e. The maximum atomic E-state index is 5.44.